The van der Waals surface area contributed by atoms with Crippen molar-refractivity contribution in [2.45, 2.75) is 187 Å². The molecule has 6 heterocycles. The highest BCUT2D eigenvalue weighted by atomic mass is 35.5. The number of hydrogen-bond donors (Lipinski definition) is 8. The number of alkyl halides is 1. The van der Waals surface area contributed by atoms with Crippen LogP contribution in [0.1, 0.15) is 63.8 Å². The van der Waals surface area contributed by atoms with E-state index in [1.165, 1.54) is 49.0 Å². The normalized spacial score (nSPS) is 11.7. The lowest BCUT2D eigenvalue weighted by Gasteiger charge is -2.21. The molecule has 8 N–H and O–H groups in total. The third kappa shape index (κ3) is 37.3. The minimum atomic E-state index is -1.30. The predicted molar refractivity (Wildman–Crippen MR) is 498 cm³/mol. The summed E-state index contributed by atoms with van der Waals surface area (Å²) in [7, 11) is -3.26. The number of carboxylic acids is 2. The molecule has 704 valence electrons. The second-order valence-electron chi connectivity index (χ2n) is 33.1. The number of aromatic nitrogens is 10. The number of carbonyl (C=O) groups excluding carboxylic acids is 2. The zero-order valence-corrected chi connectivity index (χ0v) is 76.7. The van der Waals surface area contributed by atoms with Crippen molar-refractivity contribution in [1.29, 1.82) is 0 Å². The van der Waals surface area contributed by atoms with Gasteiger partial charge in [0.25, 0.3) is 11.4 Å². The van der Waals surface area contributed by atoms with Crippen LogP contribution in [0.25, 0.3) is 65.9 Å². The lowest BCUT2D eigenvalue weighted by atomic mass is 10.2. The molecule has 0 saturated carbocycles. The number of aromatic amines is 4. The van der Waals surface area contributed by atoms with E-state index in [2.05, 4.69) is 109 Å². The summed E-state index contributed by atoms with van der Waals surface area (Å²) in [6.07, 6.45) is 7.49. The van der Waals surface area contributed by atoms with E-state index in [1.807, 2.05) is 0 Å². The van der Waals surface area contributed by atoms with Crippen molar-refractivity contribution in [2.75, 3.05) is 37.4 Å². The largest absolute Gasteiger partial charge is 0.480 e. The highest BCUT2D eigenvalue weighted by Crippen LogP contribution is 2.36. The number of amides is 2. The third-order valence-electron chi connectivity index (χ3n) is 16.8. The van der Waals surface area contributed by atoms with E-state index in [1.54, 1.807) is 106 Å². The van der Waals surface area contributed by atoms with E-state index in [-0.39, 0.29) is 69.3 Å². The SMILES string of the molecule is C.C.C.CC(C)(C)OC(=O)N[C@@H](CSc1cc2[nH]ccc2cc1[N+](=O)[O-])C(=O)O.CC(C)(C)OC(=O)N[C@@H](CSc1cc2c(cc1[N+](=O)[O-])ncn2COCC[Si](C)(C)C)C(=O)O.C[Si](C)(C)CCOCCl.C[Si](C)(C)CCOCn1cnc2cc([N+](=O)[O-])c(F)cc21.Fc1ccc2nc[nH]c2c1.O=[N+]([O-])c1cc2[nH]cnc2cc1F.O=[N+]([O-])c1cc2cc[nH]c2cc1F. The lowest BCUT2D eigenvalue weighted by molar-refractivity contribution is -0.387. The molecule has 12 aromatic rings. The maximum Gasteiger partial charge on any atom is 0.408 e. The van der Waals surface area contributed by atoms with Crippen molar-refractivity contribution < 1.29 is 95.3 Å². The molecular formula is C81H110ClF4N17O21S2Si3. The van der Waals surface area contributed by atoms with Gasteiger partial charge in [-0.25, -0.2) is 43.5 Å². The lowest BCUT2D eigenvalue weighted by Crippen LogP contribution is -2.44. The summed E-state index contributed by atoms with van der Waals surface area (Å²) >= 11 is 7.26. The molecule has 0 fully saturated rings. The van der Waals surface area contributed by atoms with Crippen molar-refractivity contribution in [2.24, 2.45) is 0 Å². The Bertz CT molecular complexity index is 5700. The van der Waals surface area contributed by atoms with E-state index >= 15 is 0 Å². The van der Waals surface area contributed by atoms with Gasteiger partial charge in [-0.2, -0.15) is 13.2 Å². The number of nitro benzene ring substituents is 5. The van der Waals surface area contributed by atoms with Crippen LogP contribution in [-0.2, 0) is 46.7 Å². The van der Waals surface area contributed by atoms with Gasteiger partial charge in [-0.3, -0.25) is 50.6 Å². The summed E-state index contributed by atoms with van der Waals surface area (Å²) in [5.41, 5.74) is 2.09. The number of benzene rings is 6. The molecule has 129 heavy (non-hydrogen) atoms. The number of alkyl carbamates (subject to hydrolysis) is 2. The molecule has 0 aliphatic carbocycles. The van der Waals surface area contributed by atoms with Crippen molar-refractivity contribution in [3.8, 4) is 0 Å². The van der Waals surface area contributed by atoms with Gasteiger partial charge in [0.2, 0.25) is 17.5 Å². The smallest absolute Gasteiger partial charge is 0.408 e. The quantitative estimate of drug-likeness (QED) is 0.00410. The maximum absolute atomic E-state index is 13.7. The van der Waals surface area contributed by atoms with Crippen LogP contribution in [-0.4, -0.2) is 193 Å². The number of H-pyrrole nitrogens is 4. The molecule has 12 rings (SSSR count). The van der Waals surface area contributed by atoms with Gasteiger partial charge in [0.1, 0.15) is 48.6 Å². The maximum atomic E-state index is 13.7. The Morgan fingerprint density at radius 3 is 1.27 bits per heavy atom. The van der Waals surface area contributed by atoms with Crippen molar-refractivity contribution >= 4 is 178 Å². The van der Waals surface area contributed by atoms with Crippen LogP contribution in [0.2, 0.25) is 77.1 Å². The van der Waals surface area contributed by atoms with Gasteiger partial charge in [-0.15, -0.1) is 23.5 Å². The molecule has 0 unspecified atom stereocenters. The fraction of sp³-hybridized carbons (Fsp3) is 0.407. The van der Waals surface area contributed by atoms with Crippen LogP contribution < -0.4 is 10.6 Å². The highest BCUT2D eigenvalue weighted by Gasteiger charge is 2.30. The third-order valence-corrected chi connectivity index (χ3v) is 24.4. The molecule has 0 aliphatic heterocycles. The number of fused-ring (bicyclic) bond motifs is 6. The summed E-state index contributed by atoms with van der Waals surface area (Å²) in [5, 5.41) is 78.9. The van der Waals surface area contributed by atoms with Crippen molar-refractivity contribution in [3.05, 3.63) is 203 Å². The van der Waals surface area contributed by atoms with E-state index in [0.29, 0.717) is 79.1 Å². The molecule has 0 bridgehead atoms. The Labute approximate surface area is 755 Å². The second kappa shape index (κ2) is 50.1. The summed E-state index contributed by atoms with van der Waals surface area (Å²) in [4.78, 5) is 125. The number of nitrogens with zero attached hydrogens (tertiary/aromatic N) is 11. The van der Waals surface area contributed by atoms with E-state index in [9.17, 15) is 97.5 Å². The number of carbonyl (C=O) groups is 4. The van der Waals surface area contributed by atoms with Crippen LogP contribution in [0.15, 0.2) is 138 Å². The summed E-state index contributed by atoms with van der Waals surface area (Å²) in [5.74, 6) is -5.56. The predicted octanol–water partition coefficient (Wildman–Crippen LogP) is 20.8. The molecule has 0 saturated heterocycles. The van der Waals surface area contributed by atoms with Crippen LogP contribution in [0, 0.1) is 73.8 Å². The molecular weight excluding hydrogens is 1810 g/mol. The van der Waals surface area contributed by atoms with Gasteiger partial charge >= 0.3 is 41.2 Å². The highest BCUT2D eigenvalue weighted by molar-refractivity contribution is 7.99. The molecule has 2 atom stereocenters. The minimum Gasteiger partial charge on any atom is -0.480 e. The summed E-state index contributed by atoms with van der Waals surface area (Å²) < 4.78 is 82.0. The zero-order valence-electron chi connectivity index (χ0n) is 71.3. The van der Waals surface area contributed by atoms with Crippen molar-refractivity contribution in [3.63, 3.8) is 0 Å². The number of nitro groups is 5. The zero-order chi connectivity index (χ0) is 93.9. The van der Waals surface area contributed by atoms with Gasteiger partial charge in [0.15, 0.2) is 0 Å². The number of ether oxygens (including phenoxy) is 5. The van der Waals surface area contributed by atoms with Crippen LogP contribution in [0.4, 0.5) is 55.6 Å². The van der Waals surface area contributed by atoms with Gasteiger partial charge in [0.05, 0.1) is 104 Å². The Morgan fingerprint density at radius 1 is 0.465 bits per heavy atom. The van der Waals surface area contributed by atoms with Gasteiger partial charge in [-0.1, -0.05) is 92.8 Å². The molecule has 2 amide bonds. The Kier molecular flexibility index (Phi) is 43.2. The van der Waals surface area contributed by atoms with Gasteiger partial charge < -0.3 is 73.6 Å². The number of nitrogens with one attached hydrogen (secondary N) is 6. The second-order valence-corrected chi connectivity index (χ2v) is 52.3. The number of imidazole rings is 4. The monoisotopic (exact) mass is 1920 g/mol. The van der Waals surface area contributed by atoms with Crippen LogP contribution in [0.5, 0.6) is 0 Å². The van der Waals surface area contributed by atoms with E-state index < -0.39 is 131 Å². The average Bonchev–Trinajstić information content (AvgIpc) is 1.68. The topological polar surface area (TPSA) is 519 Å². The molecule has 0 aliphatic rings. The first-order valence-electron chi connectivity index (χ1n) is 38.2. The van der Waals surface area contributed by atoms with Gasteiger partial charge in [0, 0.05) is 138 Å². The van der Waals surface area contributed by atoms with E-state index in [0.717, 1.165) is 83.6 Å². The number of carboxylic acid groups (broad SMARTS) is 2. The van der Waals surface area contributed by atoms with Crippen molar-refractivity contribution in [1.82, 2.24) is 59.6 Å². The molecule has 48 heteroatoms. The first-order valence-corrected chi connectivity index (χ1v) is 51.9. The number of thioether (sulfide) groups is 2. The first kappa shape index (κ1) is 111. The molecule has 0 spiro atoms. The first-order chi connectivity index (χ1) is 58.8. The summed E-state index contributed by atoms with van der Waals surface area (Å²) in [6, 6.07) is 21.6. The van der Waals surface area contributed by atoms with Crippen LogP contribution >= 0.6 is 35.1 Å². The van der Waals surface area contributed by atoms with Gasteiger partial charge in [-0.05, 0) is 102 Å². The summed E-state index contributed by atoms with van der Waals surface area (Å²) in [6.45, 7) is 33.1. The fourth-order valence-corrected chi connectivity index (χ4v) is 14.9. The van der Waals surface area contributed by atoms with Crippen LogP contribution in [0.3, 0.4) is 0 Å². The standard InChI is InChI=1S/C21H32N4O7SSi.C16H19N3O6S.C13H18FN3O3Si.C8H5FN2O2.C7H4FN3O2.C7H5FN2.C6H15ClOSi.3CH4/c1-21(2,3)32-20(28)23-15(19(26)27)11-33-18-10-16-14(9-17(18)25(29)30)22-12-24(16)13-31-7-8-34(4,5)6;1-16(2,3)25-15(22)18-11(14(20)21)8-26-13-7-10-9(4-5-17-10)6-12(13)19(23)24;1-21(2,3)5-4-20-9-16-8-15-11-7-12(17(18)19)10(14)6-13(11)16;9-6-4-7-5(1-2-10-7)3-8(6)11(12)13;8-4-1-5-6(10-3-9-5)2-7(4)11(12)13;8-5-1-2-6-7(3-5)10-4-9-6;1-9(2,3)5-4-8-6-7;;;/h9-10,12,15H,7-8,11,13H2,1-6H3,(H,23,28)(H,26,27);4-7,11,17H,8H2,1-3H3,(H,18,22)(H,20,21);6-8H,4-5,9H2,1-3H3;1-4,10H;1-3H,(H,9,10);1-4H,(H,9,10);4-6H2,1-3H3;3*1H4/t15-;11-;;;;;;;;/m00......../s1. The number of aliphatic carboxylic acids is 2. The number of rotatable bonds is 29. The molecule has 6 aromatic heterocycles. The Balaban J connectivity index is 0.000000404. The minimum absolute atomic E-state index is 0. The number of halogens is 5. The molecule has 6 aromatic carbocycles. The molecule has 0 radical (unpaired) electrons. The average molecular weight is 1920 g/mol. The molecule has 38 nitrogen and oxygen atoms in total. The Hall–Kier alpha value is -12.0. The Morgan fingerprint density at radius 2 is 0.837 bits per heavy atom. The fourth-order valence-electron chi connectivity index (χ4n) is 10.4. The van der Waals surface area contributed by atoms with E-state index in [4.69, 9.17) is 35.3 Å². The number of hydrogen-bond acceptors (Lipinski definition) is 25.